The highest BCUT2D eigenvalue weighted by Gasteiger charge is 2.12. The summed E-state index contributed by atoms with van der Waals surface area (Å²) < 4.78 is 5.15. The van der Waals surface area contributed by atoms with Crippen molar-refractivity contribution in [2.75, 3.05) is 7.11 Å². The van der Waals surface area contributed by atoms with Gasteiger partial charge in [0.1, 0.15) is 5.75 Å². The van der Waals surface area contributed by atoms with E-state index < -0.39 is 5.97 Å². The minimum absolute atomic E-state index is 0.0575. The van der Waals surface area contributed by atoms with Gasteiger partial charge in [-0.2, -0.15) is 0 Å². The minimum atomic E-state index is -0.635. The third kappa shape index (κ3) is 1.84. The van der Waals surface area contributed by atoms with Crippen LogP contribution < -0.4 is 0 Å². The first kappa shape index (κ1) is 9.24. The number of pyridine rings is 1. The molecule has 0 saturated heterocycles. The summed E-state index contributed by atoms with van der Waals surface area (Å²) in [6.07, 6.45) is 1.48. The first-order valence-electron chi connectivity index (χ1n) is 3.08. The predicted molar refractivity (Wildman–Crippen MR) is 50.0 cm³/mol. The van der Waals surface area contributed by atoms with Crippen LogP contribution >= 0.6 is 22.6 Å². The molecular formula is C7H6INO3. The molecule has 0 fully saturated rings. The highest BCUT2D eigenvalue weighted by Crippen LogP contribution is 2.17. The van der Waals surface area contributed by atoms with Gasteiger partial charge < -0.3 is 9.84 Å². The van der Waals surface area contributed by atoms with E-state index in [0.717, 1.165) is 3.57 Å². The van der Waals surface area contributed by atoms with Crippen molar-refractivity contribution >= 4 is 28.6 Å². The van der Waals surface area contributed by atoms with Crippen LogP contribution in [0.15, 0.2) is 12.3 Å². The van der Waals surface area contributed by atoms with Gasteiger partial charge in [0.25, 0.3) is 0 Å². The van der Waals surface area contributed by atoms with Gasteiger partial charge >= 0.3 is 5.97 Å². The molecule has 64 valence electrons. The van der Waals surface area contributed by atoms with Gasteiger partial charge in [0.15, 0.2) is 5.69 Å². The van der Waals surface area contributed by atoms with Crippen LogP contribution in [0, 0.1) is 3.57 Å². The first-order valence-corrected chi connectivity index (χ1v) is 4.16. The number of halogens is 1. The molecule has 0 bridgehead atoms. The molecule has 0 amide bonds. The van der Waals surface area contributed by atoms with E-state index in [1.165, 1.54) is 19.4 Å². The lowest BCUT2D eigenvalue weighted by atomic mass is 10.3. The molecule has 0 spiro atoms. The molecule has 0 aliphatic rings. The summed E-state index contributed by atoms with van der Waals surface area (Å²) >= 11 is 1.98. The quantitative estimate of drug-likeness (QED) is 0.619. The largest absolute Gasteiger partial charge is 0.505 e. The molecule has 1 heterocycles. The number of aromatic hydroxyl groups is 1. The number of hydrogen-bond donors (Lipinski definition) is 1. The molecule has 0 aliphatic heterocycles. The summed E-state index contributed by atoms with van der Waals surface area (Å²) in [6.45, 7) is 0. The third-order valence-electron chi connectivity index (χ3n) is 1.21. The third-order valence-corrected chi connectivity index (χ3v) is 1.80. The second kappa shape index (κ2) is 3.70. The number of carbonyl (C=O) groups is 1. The van der Waals surface area contributed by atoms with E-state index in [-0.39, 0.29) is 11.4 Å². The average molecular weight is 279 g/mol. The Morgan fingerprint density at radius 1 is 1.75 bits per heavy atom. The lowest BCUT2D eigenvalue weighted by Gasteiger charge is -2.00. The summed E-state index contributed by atoms with van der Waals surface area (Å²) in [5.74, 6) is -0.794. The van der Waals surface area contributed by atoms with Gasteiger partial charge in [-0.05, 0) is 28.7 Å². The number of esters is 1. The van der Waals surface area contributed by atoms with Crippen molar-refractivity contribution in [3.63, 3.8) is 0 Å². The van der Waals surface area contributed by atoms with Crippen LogP contribution in [0.2, 0.25) is 0 Å². The van der Waals surface area contributed by atoms with E-state index in [9.17, 15) is 9.90 Å². The van der Waals surface area contributed by atoms with Gasteiger partial charge in [-0.1, -0.05) is 0 Å². The van der Waals surface area contributed by atoms with Crippen LogP contribution in [0.5, 0.6) is 5.75 Å². The maximum Gasteiger partial charge on any atom is 0.360 e. The predicted octanol–water partition coefficient (Wildman–Crippen LogP) is 1.18. The van der Waals surface area contributed by atoms with Crippen molar-refractivity contribution in [2.24, 2.45) is 0 Å². The molecule has 12 heavy (non-hydrogen) atoms. The summed E-state index contributed by atoms with van der Waals surface area (Å²) in [7, 11) is 1.24. The van der Waals surface area contributed by atoms with Gasteiger partial charge in [0.2, 0.25) is 0 Å². The zero-order valence-electron chi connectivity index (χ0n) is 6.24. The Bertz CT molecular complexity index is 314. The van der Waals surface area contributed by atoms with Crippen molar-refractivity contribution < 1.29 is 14.6 Å². The van der Waals surface area contributed by atoms with Gasteiger partial charge in [0.05, 0.1) is 7.11 Å². The summed E-state index contributed by atoms with van der Waals surface area (Å²) in [5, 5.41) is 9.22. The Morgan fingerprint density at radius 2 is 2.42 bits per heavy atom. The van der Waals surface area contributed by atoms with Gasteiger partial charge in [-0.25, -0.2) is 9.78 Å². The Balaban J connectivity index is 3.09. The van der Waals surface area contributed by atoms with Crippen LogP contribution in [0.3, 0.4) is 0 Å². The van der Waals surface area contributed by atoms with E-state index in [4.69, 9.17) is 0 Å². The van der Waals surface area contributed by atoms with Crippen LogP contribution in [0.25, 0.3) is 0 Å². The fourth-order valence-electron chi connectivity index (χ4n) is 0.683. The smallest absolute Gasteiger partial charge is 0.360 e. The van der Waals surface area contributed by atoms with E-state index in [1.54, 1.807) is 0 Å². The number of rotatable bonds is 1. The molecule has 0 aliphatic carbocycles. The van der Waals surface area contributed by atoms with Crippen LogP contribution in [-0.4, -0.2) is 23.2 Å². The topological polar surface area (TPSA) is 59.4 Å². The lowest BCUT2D eigenvalue weighted by Crippen LogP contribution is -2.04. The Hall–Kier alpha value is -0.850. The number of hydrogen-bond acceptors (Lipinski definition) is 4. The van der Waals surface area contributed by atoms with Crippen molar-refractivity contribution in [2.45, 2.75) is 0 Å². The SMILES string of the molecule is COC(=O)c1ncc(I)cc1O. The van der Waals surface area contributed by atoms with Crippen molar-refractivity contribution in [3.05, 3.63) is 21.5 Å². The Labute approximate surface area is 82.7 Å². The molecule has 4 nitrogen and oxygen atoms in total. The minimum Gasteiger partial charge on any atom is -0.505 e. The van der Waals surface area contributed by atoms with Gasteiger partial charge in [0, 0.05) is 9.77 Å². The molecule has 0 aromatic carbocycles. The van der Waals surface area contributed by atoms with Crippen LogP contribution in [-0.2, 0) is 4.74 Å². The molecule has 1 rings (SSSR count). The standard InChI is InChI=1S/C7H6INO3/c1-12-7(11)6-5(10)2-4(8)3-9-6/h2-3,10H,1H3. The lowest BCUT2D eigenvalue weighted by molar-refractivity contribution is 0.0590. The van der Waals surface area contributed by atoms with Gasteiger partial charge in [-0.3, -0.25) is 0 Å². The highest BCUT2D eigenvalue weighted by atomic mass is 127. The van der Waals surface area contributed by atoms with Gasteiger partial charge in [-0.15, -0.1) is 0 Å². The number of methoxy groups -OCH3 is 1. The number of aromatic nitrogens is 1. The van der Waals surface area contributed by atoms with Crippen molar-refractivity contribution in [1.82, 2.24) is 4.98 Å². The first-order chi connectivity index (χ1) is 5.65. The maximum atomic E-state index is 10.9. The number of nitrogens with zero attached hydrogens (tertiary/aromatic N) is 1. The number of ether oxygens (including phenoxy) is 1. The summed E-state index contributed by atoms with van der Waals surface area (Å²) in [5.41, 5.74) is -0.0575. The normalized spacial score (nSPS) is 9.50. The van der Waals surface area contributed by atoms with Crippen molar-refractivity contribution in [1.29, 1.82) is 0 Å². The zero-order chi connectivity index (χ0) is 9.14. The summed E-state index contributed by atoms with van der Waals surface area (Å²) in [4.78, 5) is 14.6. The number of carbonyl (C=O) groups excluding carboxylic acids is 1. The monoisotopic (exact) mass is 279 g/mol. The van der Waals surface area contributed by atoms with E-state index in [1.807, 2.05) is 22.6 Å². The molecule has 0 radical (unpaired) electrons. The molecule has 5 heteroatoms. The molecule has 0 saturated carbocycles. The second-order valence-electron chi connectivity index (χ2n) is 2.01. The van der Waals surface area contributed by atoms with Crippen molar-refractivity contribution in [3.8, 4) is 5.75 Å². The molecule has 1 aromatic heterocycles. The molecule has 1 N–H and O–H groups in total. The fraction of sp³-hybridized carbons (Fsp3) is 0.143. The average Bonchev–Trinajstić information content (AvgIpc) is 2.03. The maximum absolute atomic E-state index is 10.9. The zero-order valence-corrected chi connectivity index (χ0v) is 8.40. The van der Waals surface area contributed by atoms with E-state index in [2.05, 4.69) is 9.72 Å². The van der Waals surface area contributed by atoms with Crippen LogP contribution in [0.4, 0.5) is 0 Å². The molecule has 0 unspecified atom stereocenters. The van der Waals surface area contributed by atoms with E-state index >= 15 is 0 Å². The summed E-state index contributed by atoms with van der Waals surface area (Å²) in [6, 6.07) is 1.44. The van der Waals surface area contributed by atoms with Crippen LogP contribution in [0.1, 0.15) is 10.5 Å². The second-order valence-corrected chi connectivity index (χ2v) is 3.26. The molecular weight excluding hydrogens is 273 g/mol. The van der Waals surface area contributed by atoms with E-state index in [0.29, 0.717) is 0 Å². The Kier molecular flexibility index (Phi) is 2.85. The molecule has 1 aromatic rings. The fourth-order valence-corrected chi connectivity index (χ4v) is 1.12. The highest BCUT2D eigenvalue weighted by molar-refractivity contribution is 14.1. The molecule has 0 atom stereocenters. The Morgan fingerprint density at radius 3 is 2.92 bits per heavy atom.